The summed E-state index contributed by atoms with van der Waals surface area (Å²) in [4.78, 5) is 23.0. The normalized spacial score (nSPS) is 10.7. The first-order valence-corrected chi connectivity index (χ1v) is 6.81. The number of thiazole rings is 1. The molecule has 19 heavy (non-hydrogen) atoms. The number of aromatic amines is 1. The second kappa shape index (κ2) is 5.19. The van der Waals surface area contributed by atoms with Gasteiger partial charge in [-0.3, -0.25) is 4.79 Å². The van der Waals surface area contributed by atoms with Crippen LogP contribution in [-0.2, 0) is 17.8 Å². The summed E-state index contributed by atoms with van der Waals surface area (Å²) in [6.45, 7) is 0.512. The number of nitrogens with zero attached hydrogens (tertiary/aromatic N) is 2. The molecule has 1 amide bonds. The summed E-state index contributed by atoms with van der Waals surface area (Å²) in [7, 11) is 0. The van der Waals surface area contributed by atoms with Crippen LogP contribution in [0.1, 0.15) is 11.3 Å². The zero-order valence-electron chi connectivity index (χ0n) is 10.1. The van der Waals surface area contributed by atoms with Crippen molar-refractivity contribution in [1.82, 2.24) is 20.3 Å². The molecule has 3 rings (SSSR count). The number of imidazole rings is 1. The molecule has 5 nitrogen and oxygen atoms in total. The number of benzene rings is 1. The maximum Gasteiger partial charge on any atom is 0.226 e. The number of aromatic nitrogens is 3. The molecule has 0 aliphatic carbocycles. The first kappa shape index (κ1) is 11.9. The van der Waals surface area contributed by atoms with E-state index < -0.39 is 0 Å². The largest absolute Gasteiger partial charge is 0.352 e. The summed E-state index contributed by atoms with van der Waals surface area (Å²) < 4.78 is 0. The summed E-state index contributed by atoms with van der Waals surface area (Å²) in [6, 6.07) is 5.89. The highest BCUT2D eigenvalue weighted by molar-refractivity contribution is 7.07. The number of carbonyl (C=O) groups excluding carboxylic acids is 1. The molecule has 0 saturated carbocycles. The van der Waals surface area contributed by atoms with E-state index in [1.54, 1.807) is 11.8 Å². The van der Waals surface area contributed by atoms with Crippen molar-refractivity contribution >= 4 is 28.3 Å². The van der Waals surface area contributed by atoms with Gasteiger partial charge in [0, 0.05) is 11.9 Å². The van der Waals surface area contributed by atoms with Crippen molar-refractivity contribution in [3.8, 4) is 0 Å². The Bertz CT molecular complexity index is 690. The van der Waals surface area contributed by atoms with E-state index in [2.05, 4.69) is 20.3 Å². The van der Waals surface area contributed by atoms with Crippen LogP contribution >= 0.6 is 11.3 Å². The molecule has 0 saturated heterocycles. The predicted molar refractivity (Wildman–Crippen MR) is 73.8 cm³/mol. The lowest BCUT2D eigenvalue weighted by molar-refractivity contribution is -0.120. The fourth-order valence-electron chi connectivity index (χ4n) is 1.85. The second-order valence-electron chi connectivity index (χ2n) is 4.19. The number of fused-ring (bicyclic) bond motifs is 1. The second-order valence-corrected chi connectivity index (χ2v) is 4.91. The Hall–Kier alpha value is -2.21. The van der Waals surface area contributed by atoms with Crippen LogP contribution in [0.15, 0.2) is 35.4 Å². The molecule has 3 aromatic rings. The van der Waals surface area contributed by atoms with Crippen molar-refractivity contribution in [3.05, 3.63) is 46.7 Å². The Morgan fingerprint density at radius 2 is 2.32 bits per heavy atom. The van der Waals surface area contributed by atoms with Crippen LogP contribution in [0, 0.1) is 0 Å². The van der Waals surface area contributed by atoms with Crippen molar-refractivity contribution in [3.63, 3.8) is 0 Å². The van der Waals surface area contributed by atoms with Crippen LogP contribution in [0.25, 0.3) is 11.0 Å². The lowest BCUT2D eigenvalue weighted by Gasteiger charge is -2.04. The van der Waals surface area contributed by atoms with Crippen molar-refractivity contribution in [1.29, 1.82) is 0 Å². The smallest absolute Gasteiger partial charge is 0.226 e. The molecule has 0 atom stereocenters. The number of hydrogen-bond donors (Lipinski definition) is 2. The molecule has 2 heterocycles. The molecule has 0 unspecified atom stereocenters. The van der Waals surface area contributed by atoms with E-state index in [1.807, 2.05) is 23.6 Å². The topological polar surface area (TPSA) is 70.7 Å². The molecule has 0 aliphatic heterocycles. The highest BCUT2D eigenvalue weighted by atomic mass is 32.1. The molecule has 0 aliphatic rings. The molecule has 2 N–H and O–H groups in total. The minimum absolute atomic E-state index is 0.0180. The van der Waals surface area contributed by atoms with Crippen molar-refractivity contribution in [2.75, 3.05) is 0 Å². The number of hydrogen-bond acceptors (Lipinski definition) is 4. The minimum atomic E-state index is -0.0180. The molecular weight excluding hydrogens is 260 g/mol. The third kappa shape index (κ3) is 2.79. The lowest BCUT2D eigenvalue weighted by Crippen LogP contribution is -2.24. The number of nitrogens with one attached hydrogen (secondary N) is 2. The quantitative estimate of drug-likeness (QED) is 0.761. The van der Waals surface area contributed by atoms with Gasteiger partial charge in [0.1, 0.15) is 0 Å². The van der Waals surface area contributed by atoms with Crippen molar-refractivity contribution in [2.45, 2.75) is 13.0 Å². The van der Waals surface area contributed by atoms with Crippen LogP contribution in [-0.4, -0.2) is 20.9 Å². The van der Waals surface area contributed by atoms with E-state index in [0.29, 0.717) is 13.0 Å². The zero-order chi connectivity index (χ0) is 13.1. The van der Waals surface area contributed by atoms with Gasteiger partial charge in [0.25, 0.3) is 0 Å². The highest BCUT2D eigenvalue weighted by Crippen LogP contribution is 2.11. The molecule has 0 bridgehead atoms. The van der Waals surface area contributed by atoms with E-state index in [0.717, 1.165) is 22.3 Å². The van der Waals surface area contributed by atoms with E-state index in [1.165, 1.54) is 11.3 Å². The predicted octanol–water partition coefficient (Wildman–Crippen LogP) is 1.88. The number of rotatable bonds is 4. The van der Waals surface area contributed by atoms with Crippen LogP contribution in [0.4, 0.5) is 0 Å². The first-order chi connectivity index (χ1) is 9.31. The minimum Gasteiger partial charge on any atom is -0.352 e. The Morgan fingerprint density at radius 1 is 1.37 bits per heavy atom. The van der Waals surface area contributed by atoms with Gasteiger partial charge >= 0.3 is 0 Å². The van der Waals surface area contributed by atoms with Gasteiger partial charge in [-0.25, -0.2) is 9.97 Å². The molecule has 0 radical (unpaired) electrons. The van der Waals surface area contributed by atoms with Gasteiger partial charge in [0.05, 0.1) is 35.0 Å². The maximum absolute atomic E-state index is 11.7. The Labute approximate surface area is 113 Å². The van der Waals surface area contributed by atoms with Crippen LogP contribution in [0.2, 0.25) is 0 Å². The van der Waals surface area contributed by atoms with E-state index in [9.17, 15) is 4.79 Å². The molecule has 6 heteroatoms. The van der Waals surface area contributed by atoms with Gasteiger partial charge in [-0.15, -0.1) is 11.3 Å². The standard InChI is InChI=1S/C13H12N4OS/c18-13(4-10-6-19-8-17-10)14-5-9-1-2-11-12(3-9)16-7-15-11/h1-3,6-8H,4-5H2,(H,14,18)(H,15,16). The van der Waals surface area contributed by atoms with Crippen LogP contribution in [0.5, 0.6) is 0 Å². The average Bonchev–Trinajstić information content (AvgIpc) is 3.06. The third-order valence-electron chi connectivity index (χ3n) is 2.80. The Morgan fingerprint density at radius 3 is 3.16 bits per heavy atom. The SMILES string of the molecule is O=C(Cc1cscn1)NCc1ccc2nc[nH]c2c1. The summed E-state index contributed by atoms with van der Waals surface area (Å²) in [5.74, 6) is -0.0180. The van der Waals surface area contributed by atoms with Crippen LogP contribution in [0.3, 0.4) is 0 Å². The molecule has 0 spiro atoms. The zero-order valence-corrected chi connectivity index (χ0v) is 10.9. The number of carbonyl (C=O) groups is 1. The monoisotopic (exact) mass is 272 g/mol. The van der Waals surface area contributed by atoms with Gasteiger partial charge in [-0.05, 0) is 17.7 Å². The van der Waals surface area contributed by atoms with Crippen molar-refractivity contribution in [2.24, 2.45) is 0 Å². The van der Waals surface area contributed by atoms with Gasteiger partial charge in [0.15, 0.2) is 0 Å². The summed E-state index contributed by atoms with van der Waals surface area (Å²) in [5.41, 5.74) is 5.49. The average molecular weight is 272 g/mol. The van der Waals surface area contributed by atoms with E-state index >= 15 is 0 Å². The van der Waals surface area contributed by atoms with Crippen molar-refractivity contribution < 1.29 is 4.79 Å². The van der Waals surface area contributed by atoms with E-state index in [4.69, 9.17) is 0 Å². The summed E-state index contributed by atoms with van der Waals surface area (Å²) in [5, 5.41) is 4.77. The lowest BCUT2D eigenvalue weighted by atomic mass is 10.2. The Balaban J connectivity index is 1.60. The third-order valence-corrected chi connectivity index (χ3v) is 3.43. The molecule has 96 valence electrons. The summed E-state index contributed by atoms with van der Waals surface area (Å²) in [6.07, 6.45) is 1.99. The first-order valence-electron chi connectivity index (χ1n) is 5.87. The maximum atomic E-state index is 11.7. The van der Waals surface area contributed by atoms with Gasteiger partial charge in [-0.1, -0.05) is 6.07 Å². The highest BCUT2D eigenvalue weighted by Gasteiger charge is 2.05. The van der Waals surface area contributed by atoms with Gasteiger partial charge in [-0.2, -0.15) is 0 Å². The fourth-order valence-corrected chi connectivity index (χ4v) is 2.40. The number of H-pyrrole nitrogens is 1. The molecule has 0 fully saturated rings. The Kier molecular flexibility index (Phi) is 3.24. The van der Waals surface area contributed by atoms with Gasteiger partial charge < -0.3 is 10.3 Å². The molecular formula is C13H12N4OS. The molecule has 1 aromatic carbocycles. The van der Waals surface area contributed by atoms with Crippen LogP contribution < -0.4 is 5.32 Å². The number of amides is 1. The van der Waals surface area contributed by atoms with Gasteiger partial charge in [0.2, 0.25) is 5.91 Å². The van der Waals surface area contributed by atoms with E-state index in [-0.39, 0.29) is 5.91 Å². The molecule has 2 aromatic heterocycles. The summed E-state index contributed by atoms with van der Waals surface area (Å²) >= 11 is 1.50. The fraction of sp³-hybridized carbons (Fsp3) is 0.154.